The highest BCUT2D eigenvalue weighted by atomic mass is 16.6. The van der Waals surface area contributed by atoms with Crippen LogP contribution in [0, 0.1) is 0 Å². The minimum absolute atomic E-state index is 0.229. The molecule has 1 saturated heterocycles. The third kappa shape index (κ3) is 1.68. The predicted octanol–water partition coefficient (Wildman–Crippen LogP) is 3.10. The molecule has 2 aliphatic rings. The molecule has 22 heavy (non-hydrogen) atoms. The summed E-state index contributed by atoms with van der Waals surface area (Å²) < 4.78 is 16.6. The second-order valence-electron chi connectivity index (χ2n) is 6.29. The highest BCUT2D eigenvalue weighted by molar-refractivity contribution is 5.75. The first-order valence-corrected chi connectivity index (χ1v) is 7.67. The summed E-state index contributed by atoms with van der Waals surface area (Å²) in [4.78, 5) is 14.2. The van der Waals surface area contributed by atoms with Gasteiger partial charge in [-0.05, 0) is 49.9 Å². The Kier molecular flexibility index (Phi) is 3.27. The molecule has 120 valence electrons. The number of hydrogen-bond acceptors (Lipinski definition) is 4. The van der Waals surface area contributed by atoms with Crippen molar-refractivity contribution in [3.8, 4) is 11.5 Å². The summed E-state index contributed by atoms with van der Waals surface area (Å²) in [7, 11) is 3.27. The van der Waals surface area contributed by atoms with Gasteiger partial charge in [-0.3, -0.25) is 4.90 Å². The Labute approximate surface area is 131 Å². The number of carbonyl (C=O) groups is 1. The average molecular weight is 305 g/mol. The number of hydrogen-bond donors (Lipinski definition) is 0. The highest BCUT2D eigenvalue weighted by Gasteiger charge is 2.61. The van der Waals surface area contributed by atoms with Crippen molar-refractivity contribution in [1.29, 1.82) is 0 Å². The highest BCUT2D eigenvalue weighted by Crippen LogP contribution is 2.53. The Morgan fingerprint density at radius 3 is 2.45 bits per heavy atom. The summed E-state index contributed by atoms with van der Waals surface area (Å²) in [5.41, 5.74) is 1.23. The number of cyclic esters (lactones) is 1. The fraction of sp³-hybridized carbons (Fsp3) is 0.588. The van der Waals surface area contributed by atoms with Crippen molar-refractivity contribution < 1.29 is 19.0 Å². The molecule has 1 fully saturated rings. The van der Waals surface area contributed by atoms with Gasteiger partial charge in [0, 0.05) is 6.54 Å². The van der Waals surface area contributed by atoms with E-state index in [0.717, 1.165) is 24.2 Å². The topological polar surface area (TPSA) is 48.0 Å². The van der Waals surface area contributed by atoms with Crippen molar-refractivity contribution in [2.45, 2.75) is 44.8 Å². The minimum Gasteiger partial charge on any atom is -0.493 e. The zero-order valence-electron chi connectivity index (χ0n) is 13.9. The van der Waals surface area contributed by atoms with E-state index >= 15 is 0 Å². The molecule has 0 aromatic heterocycles. The Morgan fingerprint density at radius 2 is 1.86 bits per heavy atom. The second kappa shape index (κ2) is 4.80. The Hall–Kier alpha value is -1.91. The summed E-state index contributed by atoms with van der Waals surface area (Å²) in [6, 6.07) is 4.02. The maximum Gasteiger partial charge on any atom is 0.411 e. The van der Waals surface area contributed by atoms with Crippen LogP contribution in [-0.2, 0) is 16.7 Å². The first-order chi connectivity index (χ1) is 10.4. The molecule has 0 unspecified atom stereocenters. The fourth-order valence-electron chi connectivity index (χ4n) is 3.79. The van der Waals surface area contributed by atoms with Crippen LogP contribution in [0.2, 0.25) is 0 Å². The number of carbonyl (C=O) groups excluding carboxylic acids is 1. The van der Waals surface area contributed by atoms with Gasteiger partial charge in [0.15, 0.2) is 11.5 Å². The number of amides is 1. The number of methoxy groups -OCH3 is 2. The number of nitrogens with zero attached hydrogens (tertiary/aromatic N) is 1. The number of ether oxygens (including phenoxy) is 3. The Balaban J connectivity index is 2.24. The van der Waals surface area contributed by atoms with E-state index in [1.807, 2.05) is 24.0 Å². The van der Waals surface area contributed by atoms with Crippen molar-refractivity contribution in [2.24, 2.45) is 0 Å². The van der Waals surface area contributed by atoms with Gasteiger partial charge in [-0.1, -0.05) is 6.92 Å². The molecule has 2 atom stereocenters. The molecule has 0 saturated carbocycles. The molecule has 1 aromatic carbocycles. The van der Waals surface area contributed by atoms with Crippen molar-refractivity contribution in [3.05, 3.63) is 23.3 Å². The molecule has 2 heterocycles. The predicted molar refractivity (Wildman–Crippen MR) is 82.5 cm³/mol. The molecule has 5 nitrogen and oxygen atoms in total. The number of benzene rings is 1. The van der Waals surface area contributed by atoms with Gasteiger partial charge in [0.2, 0.25) is 0 Å². The SMILES string of the molecule is CC[C@]1(C)OC(=O)N2CCc3cc(OC)c(OC)cc3[C@]21C. The van der Waals surface area contributed by atoms with E-state index < -0.39 is 11.1 Å². The van der Waals surface area contributed by atoms with Crippen molar-refractivity contribution in [2.75, 3.05) is 20.8 Å². The normalized spacial score (nSPS) is 29.7. The van der Waals surface area contributed by atoms with Crippen molar-refractivity contribution >= 4 is 6.09 Å². The van der Waals surface area contributed by atoms with E-state index in [1.165, 1.54) is 5.56 Å². The average Bonchev–Trinajstić information content (AvgIpc) is 2.73. The van der Waals surface area contributed by atoms with Crippen LogP contribution in [0.25, 0.3) is 0 Å². The molecule has 1 amide bonds. The van der Waals surface area contributed by atoms with Crippen LogP contribution in [0.5, 0.6) is 11.5 Å². The van der Waals surface area contributed by atoms with E-state index in [0.29, 0.717) is 12.3 Å². The van der Waals surface area contributed by atoms with Gasteiger partial charge in [-0.2, -0.15) is 0 Å². The molecule has 0 spiro atoms. The summed E-state index contributed by atoms with van der Waals surface area (Å²) in [6.07, 6.45) is 1.31. The first-order valence-electron chi connectivity index (χ1n) is 7.67. The Morgan fingerprint density at radius 1 is 1.23 bits per heavy atom. The van der Waals surface area contributed by atoms with Gasteiger partial charge in [0.25, 0.3) is 0 Å². The van der Waals surface area contributed by atoms with Crippen LogP contribution in [-0.4, -0.2) is 37.4 Å². The Bertz CT molecular complexity index is 629. The van der Waals surface area contributed by atoms with Crippen LogP contribution in [0.15, 0.2) is 12.1 Å². The maximum absolute atomic E-state index is 12.3. The molecule has 0 radical (unpaired) electrons. The molecule has 0 aliphatic carbocycles. The third-order valence-corrected chi connectivity index (χ3v) is 5.52. The van der Waals surface area contributed by atoms with Gasteiger partial charge in [0.05, 0.1) is 14.2 Å². The van der Waals surface area contributed by atoms with E-state index in [2.05, 4.69) is 13.8 Å². The van der Waals surface area contributed by atoms with Gasteiger partial charge in [0.1, 0.15) is 11.1 Å². The molecular formula is C17H23NO4. The van der Waals surface area contributed by atoms with Crippen LogP contribution in [0.4, 0.5) is 4.79 Å². The second-order valence-corrected chi connectivity index (χ2v) is 6.29. The zero-order chi connectivity index (χ0) is 16.1. The molecule has 2 aliphatic heterocycles. The fourth-order valence-corrected chi connectivity index (χ4v) is 3.79. The molecule has 0 N–H and O–H groups in total. The number of fused-ring (bicyclic) bond motifs is 3. The van der Waals surface area contributed by atoms with E-state index in [9.17, 15) is 4.79 Å². The molecule has 3 rings (SSSR count). The lowest BCUT2D eigenvalue weighted by molar-refractivity contribution is -0.00129. The lowest BCUT2D eigenvalue weighted by Gasteiger charge is -2.46. The third-order valence-electron chi connectivity index (χ3n) is 5.52. The lowest BCUT2D eigenvalue weighted by Crippen LogP contribution is -2.55. The van der Waals surface area contributed by atoms with Gasteiger partial charge in [-0.15, -0.1) is 0 Å². The molecule has 5 heteroatoms. The standard InChI is InChI=1S/C17H23NO4/c1-6-16(2)17(3)12-10-14(21-5)13(20-4)9-11(12)7-8-18(17)15(19)22-16/h9-10H,6-8H2,1-5H3/t16-,17-/m0/s1. The van der Waals surface area contributed by atoms with Gasteiger partial charge >= 0.3 is 6.09 Å². The van der Waals surface area contributed by atoms with Gasteiger partial charge < -0.3 is 14.2 Å². The first kappa shape index (κ1) is 15.0. The van der Waals surface area contributed by atoms with Gasteiger partial charge in [-0.25, -0.2) is 4.79 Å². The maximum atomic E-state index is 12.3. The van der Waals surface area contributed by atoms with Crippen LogP contribution in [0.3, 0.4) is 0 Å². The largest absolute Gasteiger partial charge is 0.493 e. The molecule has 1 aromatic rings. The summed E-state index contributed by atoms with van der Waals surface area (Å²) >= 11 is 0. The zero-order valence-corrected chi connectivity index (χ0v) is 13.9. The lowest BCUT2D eigenvalue weighted by atomic mass is 9.71. The molecular weight excluding hydrogens is 282 g/mol. The van der Waals surface area contributed by atoms with Crippen LogP contribution < -0.4 is 9.47 Å². The minimum atomic E-state index is -0.557. The summed E-state index contributed by atoms with van der Waals surface area (Å²) in [5.74, 6) is 1.41. The van der Waals surface area contributed by atoms with E-state index in [1.54, 1.807) is 14.2 Å². The number of rotatable bonds is 3. The van der Waals surface area contributed by atoms with E-state index in [4.69, 9.17) is 14.2 Å². The van der Waals surface area contributed by atoms with Crippen molar-refractivity contribution in [3.63, 3.8) is 0 Å². The summed E-state index contributed by atoms with van der Waals surface area (Å²) in [5, 5.41) is 0. The molecule has 0 bridgehead atoms. The monoisotopic (exact) mass is 305 g/mol. The summed E-state index contributed by atoms with van der Waals surface area (Å²) in [6.45, 7) is 6.81. The van der Waals surface area contributed by atoms with E-state index in [-0.39, 0.29) is 6.09 Å². The van der Waals surface area contributed by atoms with Crippen LogP contribution >= 0.6 is 0 Å². The smallest absolute Gasteiger partial charge is 0.411 e. The van der Waals surface area contributed by atoms with Crippen molar-refractivity contribution in [1.82, 2.24) is 4.90 Å². The quantitative estimate of drug-likeness (QED) is 0.861. The van der Waals surface area contributed by atoms with Crippen LogP contribution in [0.1, 0.15) is 38.3 Å².